The normalized spacial score (nSPS) is 10.2. The summed E-state index contributed by atoms with van der Waals surface area (Å²) in [5.74, 6) is -0.373. The Morgan fingerprint density at radius 2 is 2.00 bits per heavy atom. The van der Waals surface area contributed by atoms with E-state index in [9.17, 15) is 9.59 Å². The molecule has 4 nitrogen and oxygen atoms in total. The Bertz CT molecular complexity index is 432. The molecular weight excluding hydrogens is 345 g/mol. The highest BCUT2D eigenvalue weighted by atomic mass is 127. The van der Waals surface area contributed by atoms with E-state index < -0.39 is 5.97 Å². The van der Waals surface area contributed by atoms with Gasteiger partial charge in [0.25, 0.3) is 5.91 Å². The zero-order valence-corrected chi connectivity index (χ0v) is 12.6. The van der Waals surface area contributed by atoms with E-state index in [2.05, 4.69) is 27.9 Å². The molecule has 0 bridgehead atoms. The number of amides is 1. The molecule has 0 fully saturated rings. The summed E-state index contributed by atoms with van der Waals surface area (Å²) in [7, 11) is 0. The Kier molecular flexibility index (Phi) is 6.11. The molecule has 0 saturated carbocycles. The number of benzene rings is 1. The first-order valence-electron chi connectivity index (χ1n) is 5.69. The quantitative estimate of drug-likeness (QED) is 0.647. The highest BCUT2D eigenvalue weighted by molar-refractivity contribution is 14.1. The highest BCUT2D eigenvalue weighted by Gasteiger charge is 2.12. The zero-order chi connectivity index (χ0) is 13.5. The standard InChI is InChI=1S/C13H16INO3/c1-9(2)7-15-12(16)8-18-13(17)10-5-3-4-6-11(10)14/h3-6,9H,7-8H2,1-2H3,(H,15,16). The summed E-state index contributed by atoms with van der Waals surface area (Å²) in [4.78, 5) is 23.1. The van der Waals surface area contributed by atoms with Crippen LogP contribution in [-0.4, -0.2) is 25.0 Å². The summed E-state index contributed by atoms with van der Waals surface area (Å²) in [6.07, 6.45) is 0. The predicted octanol–water partition coefficient (Wildman–Crippen LogP) is 2.22. The minimum absolute atomic E-state index is 0.240. The summed E-state index contributed by atoms with van der Waals surface area (Å²) in [5.41, 5.74) is 0.481. The topological polar surface area (TPSA) is 55.4 Å². The van der Waals surface area contributed by atoms with Gasteiger partial charge in [0.05, 0.1) is 5.56 Å². The molecule has 0 aliphatic carbocycles. The van der Waals surface area contributed by atoms with Crippen LogP contribution in [0.2, 0.25) is 0 Å². The van der Waals surface area contributed by atoms with Crippen LogP contribution in [0, 0.1) is 9.49 Å². The SMILES string of the molecule is CC(C)CNC(=O)COC(=O)c1ccccc1I. The summed E-state index contributed by atoms with van der Waals surface area (Å²) in [6.45, 7) is 4.34. The number of carbonyl (C=O) groups excluding carboxylic acids is 2. The van der Waals surface area contributed by atoms with Gasteiger partial charge in [-0.3, -0.25) is 4.79 Å². The Morgan fingerprint density at radius 3 is 2.61 bits per heavy atom. The van der Waals surface area contributed by atoms with E-state index >= 15 is 0 Å². The molecule has 0 heterocycles. The third-order valence-corrected chi connectivity index (χ3v) is 3.08. The number of ether oxygens (including phenoxy) is 1. The van der Waals surface area contributed by atoms with E-state index in [-0.39, 0.29) is 12.5 Å². The van der Waals surface area contributed by atoms with Crippen molar-refractivity contribution < 1.29 is 14.3 Å². The molecule has 1 aromatic rings. The van der Waals surface area contributed by atoms with Gasteiger partial charge >= 0.3 is 5.97 Å². The van der Waals surface area contributed by atoms with Gasteiger partial charge in [0, 0.05) is 10.1 Å². The lowest BCUT2D eigenvalue weighted by atomic mass is 10.2. The van der Waals surface area contributed by atoms with Crippen molar-refractivity contribution in [3.63, 3.8) is 0 Å². The van der Waals surface area contributed by atoms with Crippen molar-refractivity contribution in [3.05, 3.63) is 33.4 Å². The first kappa shape index (κ1) is 14.9. The second-order valence-electron chi connectivity index (χ2n) is 4.25. The fourth-order valence-electron chi connectivity index (χ4n) is 1.20. The molecule has 5 heteroatoms. The van der Waals surface area contributed by atoms with Crippen molar-refractivity contribution in [1.82, 2.24) is 5.32 Å². The van der Waals surface area contributed by atoms with E-state index in [0.717, 1.165) is 3.57 Å². The van der Waals surface area contributed by atoms with Gasteiger partial charge in [0.1, 0.15) is 0 Å². The second kappa shape index (κ2) is 7.35. The fourth-order valence-corrected chi connectivity index (χ4v) is 1.81. The Balaban J connectivity index is 2.42. The van der Waals surface area contributed by atoms with Crippen molar-refractivity contribution >= 4 is 34.5 Å². The van der Waals surface area contributed by atoms with Gasteiger partial charge in [-0.25, -0.2) is 4.79 Å². The molecule has 0 aromatic heterocycles. The van der Waals surface area contributed by atoms with Crippen LogP contribution in [0.15, 0.2) is 24.3 Å². The van der Waals surface area contributed by atoms with Crippen LogP contribution in [-0.2, 0) is 9.53 Å². The van der Waals surface area contributed by atoms with Gasteiger partial charge < -0.3 is 10.1 Å². The fraction of sp³-hybridized carbons (Fsp3) is 0.385. The zero-order valence-electron chi connectivity index (χ0n) is 10.4. The van der Waals surface area contributed by atoms with Gasteiger partial charge in [-0.05, 0) is 40.6 Å². The van der Waals surface area contributed by atoms with E-state index in [0.29, 0.717) is 18.0 Å². The molecule has 0 radical (unpaired) electrons. The number of carbonyl (C=O) groups is 2. The summed E-state index contributed by atoms with van der Waals surface area (Å²) < 4.78 is 5.76. The molecule has 0 saturated heterocycles. The van der Waals surface area contributed by atoms with E-state index in [4.69, 9.17) is 4.74 Å². The Morgan fingerprint density at radius 1 is 1.33 bits per heavy atom. The molecule has 1 N–H and O–H groups in total. The van der Waals surface area contributed by atoms with E-state index in [1.165, 1.54) is 0 Å². The third-order valence-electron chi connectivity index (χ3n) is 2.14. The van der Waals surface area contributed by atoms with Crippen LogP contribution in [0.4, 0.5) is 0 Å². The minimum atomic E-state index is -0.473. The van der Waals surface area contributed by atoms with Crippen molar-refractivity contribution in [2.75, 3.05) is 13.2 Å². The number of esters is 1. The van der Waals surface area contributed by atoms with Crippen LogP contribution in [0.25, 0.3) is 0 Å². The molecule has 0 aliphatic heterocycles. The average Bonchev–Trinajstić information content (AvgIpc) is 2.34. The molecule has 0 spiro atoms. The van der Waals surface area contributed by atoms with Crippen LogP contribution in [0.3, 0.4) is 0 Å². The molecule has 0 unspecified atom stereocenters. The second-order valence-corrected chi connectivity index (χ2v) is 5.42. The largest absolute Gasteiger partial charge is 0.452 e. The number of rotatable bonds is 5. The lowest BCUT2D eigenvalue weighted by molar-refractivity contribution is -0.124. The number of hydrogen-bond acceptors (Lipinski definition) is 3. The minimum Gasteiger partial charge on any atom is -0.452 e. The molecular formula is C13H16INO3. The molecule has 0 aliphatic rings. The van der Waals surface area contributed by atoms with Crippen LogP contribution in [0.1, 0.15) is 24.2 Å². The summed E-state index contributed by atoms with van der Waals surface area (Å²) >= 11 is 2.06. The Hall–Kier alpha value is -1.11. The van der Waals surface area contributed by atoms with Gasteiger partial charge in [-0.2, -0.15) is 0 Å². The lowest BCUT2D eigenvalue weighted by Crippen LogP contribution is -2.31. The first-order chi connectivity index (χ1) is 8.50. The number of nitrogens with one attached hydrogen (secondary N) is 1. The molecule has 0 atom stereocenters. The van der Waals surface area contributed by atoms with Crippen LogP contribution < -0.4 is 5.32 Å². The van der Waals surface area contributed by atoms with Gasteiger partial charge in [-0.15, -0.1) is 0 Å². The van der Waals surface area contributed by atoms with Gasteiger partial charge in [-0.1, -0.05) is 26.0 Å². The maximum Gasteiger partial charge on any atom is 0.339 e. The first-order valence-corrected chi connectivity index (χ1v) is 6.77. The summed E-state index contributed by atoms with van der Waals surface area (Å²) in [5, 5.41) is 2.69. The van der Waals surface area contributed by atoms with E-state index in [1.54, 1.807) is 12.1 Å². The van der Waals surface area contributed by atoms with E-state index in [1.807, 2.05) is 26.0 Å². The average molecular weight is 361 g/mol. The van der Waals surface area contributed by atoms with Gasteiger partial charge in [0.2, 0.25) is 0 Å². The van der Waals surface area contributed by atoms with Crippen LogP contribution in [0.5, 0.6) is 0 Å². The monoisotopic (exact) mass is 361 g/mol. The molecule has 1 aromatic carbocycles. The van der Waals surface area contributed by atoms with Crippen molar-refractivity contribution in [2.24, 2.45) is 5.92 Å². The molecule has 98 valence electrons. The number of hydrogen-bond donors (Lipinski definition) is 1. The lowest BCUT2D eigenvalue weighted by Gasteiger charge is -2.08. The molecule has 1 amide bonds. The summed E-state index contributed by atoms with van der Waals surface area (Å²) in [6, 6.07) is 7.09. The van der Waals surface area contributed by atoms with Crippen molar-refractivity contribution in [1.29, 1.82) is 0 Å². The maximum atomic E-state index is 11.7. The van der Waals surface area contributed by atoms with Crippen molar-refractivity contribution in [3.8, 4) is 0 Å². The Labute approximate surface area is 120 Å². The van der Waals surface area contributed by atoms with Crippen LogP contribution >= 0.6 is 22.6 Å². The number of halogens is 1. The maximum absolute atomic E-state index is 11.7. The smallest absolute Gasteiger partial charge is 0.339 e. The van der Waals surface area contributed by atoms with Gasteiger partial charge in [0.15, 0.2) is 6.61 Å². The highest BCUT2D eigenvalue weighted by Crippen LogP contribution is 2.12. The third kappa shape index (κ3) is 5.03. The predicted molar refractivity (Wildman–Crippen MR) is 77.3 cm³/mol. The molecule has 18 heavy (non-hydrogen) atoms. The van der Waals surface area contributed by atoms with Crippen molar-refractivity contribution in [2.45, 2.75) is 13.8 Å². The molecule has 1 rings (SSSR count).